The predicted octanol–water partition coefficient (Wildman–Crippen LogP) is 4.37. The molecule has 6 rings (SSSR count). The minimum Gasteiger partial charge on any atom is -0.492 e. The highest BCUT2D eigenvalue weighted by atomic mass is 32.1. The number of nitrogens with one attached hydrogen (secondary N) is 1. The number of thiazole rings is 1. The number of benzene rings is 2. The number of carbonyl (C=O) groups is 4. The van der Waals surface area contributed by atoms with Gasteiger partial charge in [-0.1, -0.05) is 12.1 Å². The summed E-state index contributed by atoms with van der Waals surface area (Å²) in [7, 11) is 0. The molecule has 1 aliphatic rings. The SMILES string of the molecule is Cc1nc(CC(=O)N2CCCCN(C(=O)c3ccc4nc[nH]c4c3)CCOc3cccc(c3)-c3nccn3CCC2)cs1.O=CO.O=CO. The van der Waals surface area contributed by atoms with Crippen molar-refractivity contribution in [1.29, 1.82) is 0 Å². The number of hydrogen-bond acceptors (Lipinski definition) is 9. The number of aromatic nitrogens is 5. The van der Waals surface area contributed by atoms with Crippen LogP contribution in [0.1, 0.15) is 40.3 Å². The lowest BCUT2D eigenvalue weighted by Gasteiger charge is -2.25. The van der Waals surface area contributed by atoms with E-state index in [-0.39, 0.29) is 24.8 Å². The van der Waals surface area contributed by atoms with Crippen LogP contribution in [0.4, 0.5) is 0 Å². The number of hydrogen-bond donors (Lipinski definition) is 3. The molecular formula is C34H39N7O7S. The lowest BCUT2D eigenvalue weighted by molar-refractivity contribution is -0.130. The first kappa shape index (κ1) is 36.3. The van der Waals surface area contributed by atoms with Gasteiger partial charge in [0.2, 0.25) is 5.91 Å². The van der Waals surface area contributed by atoms with E-state index in [1.807, 2.05) is 70.8 Å². The van der Waals surface area contributed by atoms with Gasteiger partial charge in [0, 0.05) is 55.1 Å². The van der Waals surface area contributed by atoms with Crippen LogP contribution in [0.25, 0.3) is 22.4 Å². The maximum Gasteiger partial charge on any atom is 0.290 e. The number of nitrogens with zero attached hydrogens (tertiary/aromatic N) is 6. The molecule has 0 aliphatic carbocycles. The molecule has 3 aromatic heterocycles. The molecule has 0 saturated carbocycles. The minimum atomic E-state index is -0.250. The van der Waals surface area contributed by atoms with E-state index in [1.165, 1.54) is 0 Å². The van der Waals surface area contributed by atoms with Gasteiger partial charge >= 0.3 is 0 Å². The first-order chi connectivity index (χ1) is 23.9. The van der Waals surface area contributed by atoms with Gasteiger partial charge in [0.25, 0.3) is 18.9 Å². The normalized spacial score (nSPS) is 13.7. The summed E-state index contributed by atoms with van der Waals surface area (Å²) in [6.45, 7) is 4.80. The van der Waals surface area contributed by atoms with E-state index < -0.39 is 0 Å². The quantitative estimate of drug-likeness (QED) is 0.230. The van der Waals surface area contributed by atoms with Gasteiger partial charge < -0.3 is 34.3 Å². The molecular weight excluding hydrogens is 650 g/mol. The maximum atomic E-state index is 13.7. The predicted molar refractivity (Wildman–Crippen MR) is 184 cm³/mol. The fourth-order valence-electron chi connectivity index (χ4n) is 5.47. The van der Waals surface area contributed by atoms with E-state index in [0.29, 0.717) is 44.8 Å². The van der Waals surface area contributed by atoms with Gasteiger partial charge in [-0.3, -0.25) is 19.2 Å². The number of imidazole rings is 2. The second kappa shape index (κ2) is 18.7. The Kier molecular flexibility index (Phi) is 13.8. The number of H-pyrrole nitrogens is 1. The lowest BCUT2D eigenvalue weighted by atomic mass is 10.1. The Morgan fingerprint density at radius 1 is 0.959 bits per heavy atom. The number of amides is 2. The van der Waals surface area contributed by atoms with Crippen molar-refractivity contribution in [2.75, 3.05) is 32.8 Å². The molecule has 2 aromatic carbocycles. The van der Waals surface area contributed by atoms with Gasteiger partial charge in [-0.15, -0.1) is 11.3 Å². The zero-order chi connectivity index (χ0) is 35.0. The van der Waals surface area contributed by atoms with Crippen molar-refractivity contribution in [1.82, 2.24) is 34.3 Å². The van der Waals surface area contributed by atoms with Gasteiger partial charge in [-0.05, 0) is 56.5 Å². The topological polar surface area (TPSA) is 184 Å². The number of carboxylic acid groups (broad SMARTS) is 2. The number of aromatic amines is 1. The average molecular weight is 690 g/mol. The Labute approximate surface area is 287 Å². The van der Waals surface area contributed by atoms with Gasteiger partial charge in [0.15, 0.2) is 0 Å². The summed E-state index contributed by atoms with van der Waals surface area (Å²) < 4.78 is 8.26. The number of aryl methyl sites for hydroxylation is 2. The van der Waals surface area contributed by atoms with Crippen LogP contribution >= 0.6 is 11.3 Å². The maximum absolute atomic E-state index is 13.7. The first-order valence-electron chi connectivity index (χ1n) is 15.7. The second-order valence-corrected chi connectivity index (χ2v) is 12.0. The van der Waals surface area contributed by atoms with Crippen molar-refractivity contribution in [3.8, 4) is 17.1 Å². The highest BCUT2D eigenvalue weighted by molar-refractivity contribution is 7.09. The van der Waals surface area contributed by atoms with Crippen molar-refractivity contribution in [2.24, 2.45) is 0 Å². The molecule has 0 fully saturated rings. The van der Waals surface area contributed by atoms with Crippen molar-refractivity contribution in [3.05, 3.63) is 82.8 Å². The fourth-order valence-corrected chi connectivity index (χ4v) is 6.08. The molecule has 14 nitrogen and oxygen atoms in total. The zero-order valence-electron chi connectivity index (χ0n) is 27.1. The fraction of sp³-hybridized carbons (Fsp3) is 0.324. The molecule has 0 radical (unpaired) electrons. The highest BCUT2D eigenvalue weighted by Crippen LogP contribution is 2.24. The van der Waals surface area contributed by atoms with E-state index in [1.54, 1.807) is 23.9 Å². The summed E-state index contributed by atoms with van der Waals surface area (Å²) in [4.78, 5) is 64.1. The zero-order valence-corrected chi connectivity index (χ0v) is 27.9. The average Bonchev–Trinajstić information content (AvgIpc) is 3.86. The van der Waals surface area contributed by atoms with E-state index in [0.717, 1.165) is 64.7 Å². The van der Waals surface area contributed by atoms with Crippen LogP contribution in [0.5, 0.6) is 5.75 Å². The summed E-state index contributed by atoms with van der Waals surface area (Å²) in [5.74, 6) is 1.62. The van der Waals surface area contributed by atoms with Crippen LogP contribution in [0.2, 0.25) is 0 Å². The number of ether oxygens (including phenoxy) is 1. The van der Waals surface area contributed by atoms with Crippen LogP contribution in [0.3, 0.4) is 0 Å². The summed E-state index contributed by atoms with van der Waals surface area (Å²) in [5, 5.41) is 16.7. The van der Waals surface area contributed by atoms with E-state index in [9.17, 15) is 9.59 Å². The van der Waals surface area contributed by atoms with E-state index >= 15 is 0 Å². The molecule has 2 amide bonds. The standard InChI is InChI=1S/C32H35N7O3S.2CH2O2/c1-23-36-26(21-43-23)20-30(40)37-11-2-3-12-39(32(41)25-8-9-28-29(19-25)35-22-34-28)16-17-42-27-7-4-6-24(18-27)31-33-10-15-38(31)14-5-13-37;2*2-1-3/h4,6-10,15,18-19,21-22H,2-3,5,11-14,16-17,20H2,1H3,(H,34,35);2*1H,(H,2,3). The van der Waals surface area contributed by atoms with Gasteiger partial charge in [0.1, 0.15) is 18.2 Å². The molecule has 5 aromatic rings. The molecule has 0 saturated heterocycles. The number of rotatable bonds is 3. The van der Waals surface area contributed by atoms with Crippen molar-refractivity contribution in [2.45, 2.75) is 39.2 Å². The Bertz CT molecular complexity index is 1810. The Hall–Kier alpha value is -5.57. The molecule has 0 spiro atoms. The molecule has 3 N–H and O–H groups in total. The Balaban J connectivity index is 0.000000841. The Morgan fingerprint density at radius 3 is 2.47 bits per heavy atom. The van der Waals surface area contributed by atoms with Crippen LogP contribution in [0.15, 0.2) is 66.6 Å². The van der Waals surface area contributed by atoms with E-state index in [4.69, 9.17) is 24.5 Å². The smallest absolute Gasteiger partial charge is 0.290 e. The summed E-state index contributed by atoms with van der Waals surface area (Å²) >= 11 is 1.56. The van der Waals surface area contributed by atoms with Gasteiger partial charge in [-0.25, -0.2) is 15.0 Å². The number of carbonyl (C=O) groups excluding carboxylic acids is 2. The molecule has 1 aliphatic heterocycles. The Morgan fingerprint density at radius 2 is 1.71 bits per heavy atom. The highest BCUT2D eigenvalue weighted by Gasteiger charge is 2.19. The van der Waals surface area contributed by atoms with Crippen LogP contribution in [-0.4, -0.2) is 102 Å². The van der Waals surface area contributed by atoms with Gasteiger partial charge in [-0.2, -0.15) is 0 Å². The summed E-state index contributed by atoms with van der Waals surface area (Å²) in [5.41, 5.74) is 4.03. The largest absolute Gasteiger partial charge is 0.492 e. The molecule has 0 unspecified atom stereocenters. The lowest BCUT2D eigenvalue weighted by Crippen LogP contribution is -2.37. The molecule has 258 valence electrons. The third-order valence-electron chi connectivity index (χ3n) is 7.68. The molecule has 0 atom stereocenters. The van der Waals surface area contributed by atoms with E-state index in [2.05, 4.69) is 24.5 Å². The molecule has 4 heterocycles. The molecule has 15 heteroatoms. The molecule has 2 bridgehead atoms. The molecule has 49 heavy (non-hydrogen) atoms. The monoisotopic (exact) mass is 689 g/mol. The van der Waals surface area contributed by atoms with Crippen molar-refractivity contribution in [3.63, 3.8) is 0 Å². The minimum absolute atomic E-state index is 0.0550. The van der Waals surface area contributed by atoms with Gasteiger partial charge in [0.05, 0.1) is 41.0 Å². The van der Waals surface area contributed by atoms with Crippen LogP contribution in [0, 0.1) is 6.92 Å². The first-order valence-corrected chi connectivity index (χ1v) is 16.6. The van der Waals surface area contributed by atoms with Crippen molar-refractivity contribution >= 4 is 47.1 Å². The van der Waals surface area contributed by atoms with Crippen LogP contribution in [-0.2, 0) is 27.3 Å². The third-order valence-corrected chi connectivity index (χ3v) is 8.50. The third kappa shape index (κ3) is 10.5. The van der Waals surface area contributed by atoms with Crippen molar-refractivity contribution < 1.29 is 34.1 Å². The second-order valence-electron chi connectivity index (χ2n) is 10.9. The van der Waals surface area contributed by atoms with Crippen LogP contribution < -0.4 is 4.74 Å². The summed E-state index contributed by atoms with van der Waals surface area (Å²) in [6.07, 6.45) is 8.05. The summed E-state index contributed by atoms with van der Waals surface area (Å²) in [6, 6.07) is 13.4. The number of fused-ring (bicyclic) bond motifs is 5.